The maximum Gasteiger partial charge on any atom is 0.262 e. The van der Waals surface area contributed by atoms with Crippen LogP contribution in [-0.2, 0) is 11.3 Å². The van der Waals surface area contributed by atoms with Crippen molar-refractivity contribution in [2.45, 2.75) is 13.0 Å². The summed E-state index contributed by atoms with van der Waals surface area (Å²) in [6.45, 7) is 1.49. The Labute approximate surface area is 170 Å². The number of rotatable bonds is 3. The summed E-state index contributed by atoms with van der Waals surface area (Å²) >= 11 is 1.43. The van der Waals surface area contributed by atoms with E-state index in [1.165, 1.54) is 22.2 Å². The SMILES string of the molecule is CN1CCN(C(=O)CCn2cnc3sccc3c2=O)c2nc3ccccc3nc21. The van der Waals surface area contributed by atoms with Crippen molar-refractivity contribution in [2.24, 2.45) is 0 Å². The number of hydrogen-bond donors (Lipinski definition) is 0. The molecule has 0 saturated carbocycles. The molecule has 0 fully saturated rings. The molecule has 29 heavy (non-hydrogen) atoms. The topological polar surface area (TPSA) is 84.2 Å². The van der Waals surface area contributed by atoms with Crippen molar-refractivity contribution in [1.82, 2.24) is 19.5 Å². The first-order chi connectivity index (χ1) is 14.1. The third-order valence-electron chi connectivity index (χ3n) is 5.13. The summed E-state index contributed by atoms with van der Waals surface area (Å²) in [6, 6.07) is 9.40. The second-order valence-electron chi connectivity index (χ2n) is 6.96. The average Bonchev–Trinajstić information content (AvgIpc) is 3.22. The molecule has 3 aromatic heterocycles. The average molecular weight is 406 g/mol. The molecule has 1 amide bonds. The van der Waals surface area contributed by atoms with E-state index in [1.807, 2.05) is 41.6 Å². The van der Waals surface area contributed by atoms with Crippen LogP contribution in [0, 0.1) is 0 Å². The van der Waals surface area contributed by atoms with E-state index in [1.54, 1.807) is 11.0 Å². The molecule has 1 aliphatic heterocycles. The number of aromatic nitrogens is 4. The van der Waals surface area contributed by atoms with Crippen molar-refractivity contribution in [1.29, 1.82) is 0 Å². The van der Waals surface area contributed by atoms with Crippen LogP contribution in [-0.4, -0.2) is 45.6 Å². The van der Waals surface area contributed by atoms with Crippen LogP contribution < -0.4 is 15.4 Å². The van der Waals surface area contributed by atoms with Gasteiger partial charge in [-0.2, -0.15) is 0 Å². The number of carbonyl (C=O) groups is 1. The van der Waals surface area contributed by atoms with E-state index >= 15 is 0 Å². The Morgan fingerprint density at radius 1 is 1.10 bits per heavy atom. The van der Waals surface area contributed by atoms with E-state index in [0.29, 0.717) is 34.9 Å². The molecule has 0 N–H and O–H groups in total. The highest BCUT2D eigenvalue weighted by atomic mass is 32.1. The molecule has 8 nitrogen and oxygen atoms in total. The molecule has 0 atom stereocenters. The van der Waals surface area contributed by atoms with Crippen molar-refractivity contribution in [3.8, 4) is 0 Å². The summed E-state index contributed by atoms with van der Waals surface area (Å²) in [4.78, 5) is 43.6. The third kappa shape index (κ3) is 3.03. The molecular formula is C20H18N6O2S. The maximum absolute atomic E-state index is 13.0. The fourth-order valence-electron chi connectivity index (χ4n) is 3.53. The minimum Gasteiger partial charge on any atom is -0.355 e. The molecule has 0 unspecified atom stereocenters. The lowest BCUT2D eigenvalue weighted by Crippen LogP contribution is -2.44. The minimum absolute atomic E-state index is 0.0822. The van der Waals surface area contributed by atoms with Crippen molar-refractivity contribution >= 4 is 50.1 Å². The van der Waals surface area contributed by atoms with Crippen molar-refractivity contribution in [3.63, 3.8) is 0 Å². The second kappa shape index (κ2) is 6.93. The zero-order valence-electron chi connectivity index (χ0n) is 15.8. The molecule has 1 aliphatic rings. The molecule has 0 spiro atoms. The van der Waals surface area contributed by atoms with Gasteiger partial charge in [0.05, 0.1) is 22.7 Å². The van der Waals surface area contributed by atoms with E-state index in [9.17, 15) is 9.59 Å². The van der Waals surface area contributed by atoms with Gasteiger partial charge in [-0.3, -0.25) is 19.1 Å². The first-order valence-electron chi connectivity index (χ1n) is 9.33. The number of thiophene rings is 1. The molecule has 1 aromatic carbocycles. The van der Waals surface area contributed by atoms with Gasteiger partial charge in [-0.05, 0) is 23.6 Å². The van der Waals surface area contributed by atoms with Gasteiger partial charge in [0.1, 0.15) is 4.83 Å². The van der Waals surface area contributed by atoms with Gasteiger partial charge in [-0.15, -0.1) is 11.3 Å². The number of amides is 1. The number of para-hydroxylation sites is 2. The Hall–Kier alpha value is -3.33. The fourth-order valence-corrected chi connectivity index (χ4v) is 4.25. The third-order valence-corrected chi connectivity index (χ3v) is 5.95. The number of benzene rings is 1. The second-order valence-corrected chi connectivity index (χ2v) is 7.85. The summed E-state index contributed by atoms with van der Waals surface area (Å²) in [5, 5.41) is 2.44. The lowest BCUT2D eigenvalue weighted by Gasteiger charge is -2.33. The molecule has 9 heteroatoms. The van der Waals surface area contributed by atoms with E-state index in [2.05, 4.69) is 4.98 Å². The Balaban J connectivity index is 1.43. The van der Waals surface area contributed by atoms with Crippen molar-refractivity contribution < 1.29 is 4.79 Å². The number of likely N-dealkylation sites (N-methyl/N-ethyl adjacent to an activating group) is 1. The fraction of sp³-hybridized carbons (Fsp3) is 0.250. The van der Waals surface area contributed by atoms with Gasteiger partial charge in [-0.25, -0.2) is 15.0 Å². The van der Waals surface area contributed by atoms with E-state index in [-0.39, 0.29) is 24.4 Å². The number of nitrogens with zero attached hydrogens (tertiary/aromatic N) is 6. The molecule has 0 radical (unpaired) electrons. The van der Waals surface area contributed by atoms with Crippen LogP contribution in [0.5, 0.6) is 0 Å². The summed E-state index contributed by atoms with van der Waals surface area (Å²) in [6.07, 6.45) is 1.70. The monoisotopic (exact) mass is 406 g/mol. The predicted molar refractivity (Wildman–Crippen MR) is 114 cm³/mol. The van der Waals surface area contributed by atoms with E-state index < -0.39 is 0 Å². The van der Waals surface area contributed by atoms with Gasteiger partial charge < -0.3 is 4.90 Å². The molecular weight excluding hydrogens is 388 g/mol. The Bertz CT molecular complexity index is 1300. The molecule has 4 heterocycles. The number of fused-ring (bicyclic) bond motifs is 3. The van der Waals surface area contributed by atoms with Crippen molar-refractivity contribution in [2.75, 3.05) is 29.9 Å². The first-order valence-corrected chi connectivity index (χ1v) is 10.2. The molecule has 146 valence electrons. The normalized spacial score (nSPS) is 13.8. The maximum atomic E-state index is 13.0. The zero-order chi connectivity index (χ0) is 20.0. The van der Waals surface area contributed by atoms with Crippen LogP contribution in [0.3, 0.4) is 0 Å². The lowest BCUT2D eigenvalue weighted by atomic mass is 10.2. The molecule has 0 saturated heterocycles. The highest BCUT2D eigenvalue weighted by Crippen LogP contribution is 2.30. The summed E-state index contributed by atoms with van der Waals surface area (Å²) < 4.78 is 1.50. The quantitative estimate of drug-likeness (QED) is 0.519. The number of hydrogen-bond acceptors (Lipinski definition) is 7. The van der Waals surface area contributed by atoms with Gasteiger partial charge in [0, 0.05) is 33.1 Å². The predicted octanol–water partition coefficient (Wildman–Crippen LogP) is 2.27. The minimum atomic E-state index is -0.117. The highest BCUT2D eigenvalue weighted by Gasteiger charge is 2.28. The smallest absolute Gasteiger partial charge is 0.262 e. The summed E-state index contributed by atoms with van der Waals surface area (Å²) in [5.41, 5.74) is 1.44. The van der Waals surface area contributed by atoms with Gasteiger partial charge >= 0.3 is 0 Å². The molecule has 0 aliphatic carbocycles. The molecule has 0 bridgehead atoms. The van der Waals surface area contributed by atoms with E-state index in [4.69, 9.17) is 9.97 Å². The van der Waals surface area contributed by atoms with Crippen LogP contribution in [0.1, 0.15) is 6.42 Å². The van der Waals surface area contributed by atoms with Crippen LogP contribution >= 0.6 is 11.3 Å². The zero-order valence-corrected chi connectivity index (χ0v) is 16.6. The van der Waals surface area contributed by atoms with Gasteiger partial charge in [0.2, 0.25) is 5.91 Å². The lowest BCUT2D eigenvalue weighted by molar-refractivity contribution is -0.118. The molecule has 5 rings (SSSR count). The van der Waals surface area contributed by atoms with Crippen molar-refractivity contribution in [3.05, 3.63) is 52.4 Å². The number of anilines is 2. The van der Waals surface area contributed by atoms with Gasteiger partial charge in [-0.1, -0.05) is 12.1 Å². The Morgan fingerprint density at radius 3 is 2.66 bits per heavy atom. The van der Waals surface area contributed by atoms with Crippen LogP contribution in [0.25, 0.3) is 21.3 Å². The Kier molecular flexibility index (Phi) is 4.24. The van der Waals surface area contributed by atoms with Gasteiger partial charge in [0.15, 0.2) is 11.6 Å². The highest BCUT2D eigenvalue weighted by molar-refractivity contribution is 7.16. The first kappa shape index (κ1) is 17.7. The summed E-state index contributed by atoms with van der Waals surface area (Å²) in [7, 11) is 1.95. The van der Waals surface area contributed by atoms with Gasteiger partial charge in [0.25, 0.3) is 5.56 Å². The van der Waals surface area contributed by atoms with Crippen LogP contribution in [0.15, 0.2) is 46.8 Å². The number of aryl methyl sites for hydroxylation is 1. The standard InChI is InChI=1S/C20H18N6O2S/c1-24-9-10-26(18-17(24)22-14-4-2-3-5-15(14)23-18)16(27)6-8-25-12-21-19-13(20(25)28)7-11-29-19/h2-5,7,11-12H,6,8-10H2,1H3. The molecule has 4 aromatic rings. The summed E-state index contributed by atoms with van der Waals surface area (Å²) in [5.74, 6) is 1.18. The number of carbonyl (C=O) groups excluding carboxylic acids is 1. The van der Waals surface area contributed by atoms with Crippen LogP contribution in [0.4, 0.5) is 11.6 Å². The van der Waals surface area contributed by atoms with Crippen LogP contribution in [0.2, 0.25) is 0 Å². The Morgan fingerprint density at radius 2 is 1.86 bits per heavy atom. The largest absolute Gasteiger partial charge is 0.355 e. The van der Waals surface area contributed by atoms with E-state index in [0.717, 1.165) is 11.0 Å².